The van der Waals surface area contributed by atoms with Gasteiger partial charge >= 0.3 is 0 Å². The minimum absolute atomic E-state index is 0.0418. The second-order valence-corrected chi connectivity index (χ2v) is 5.29. The van der Waals surface area contributed by atoms with Gasteiger partial charge in [-0.3, -0.25) is 4.79 Å². The molecule has 1 amide bonds. The summed E-state index contributed by atoms with van der Waals surface area (Å²) >= 11 is 0. The minimum Gasteiger partial charge on any atom is -0.393 e. The van der Waals surface area contributed by atoms with Crippen LogP contribution < -0.4 is 5.32 Å². The zero-order valence-electron chi connectivity index (χ0n) is 9.59. The third-order valence-corrected chi connectivity index (χ3v) is 3.86. The van der Waals surface area contributed by atoms with E-state index in [1.807, 2.05) is 20.8 Å². The van der Waals surface area contributed by atoms with Gasteiger partial charge in [0.1, 0.15) is 0 Å². The average Bonchev–Trinajstić information content (AvgIpc) is 2.46. The highest BCUT2D eigenvalue weighted by Crippen LogP contribution is 2.60. The molecule has 0 atom stereocenters. The SMILES string of the molecule is CCC(=O)NC12CC(CO)(C1)OC2(C)C. The fourth-order valence-corrected chi connectivity index (χ4v) is 2.92. The van der Waals surface area contributed by atoms with Crippen LogP contribution >= 0.6 is 0 Å². The van der Waals surface area contributed by atoms with Crippen molar-refractivity contribution in [2.45, 2.75) is 56.8 Å². The van der Waals surface area contributed by atoms with E-state index in [0.29, 0.717) is 6.42 Å². The number of carbonyl (C=O) groups excluding carboxylic acids is 1. The van der Waals surface area contributed by atoms with Gasteiger partial charge in [-0.15, -0.1) is 0 Å². The Morgan fingerprint density at radius 2 is 2.07 bits per heavy atom. The molecule has 2 bridgehead atoms. The summed E-state index contributed by atoms with van der Waals surface area (Å²) in [7, 11) is 0. The zero-order chi connectivity index (χ0) is 11.3. The van der Waals surface area contributed by atoms with Gasteiger partial charge in [-0.2, -0.15) is 0 Å². The highest BCUT2D eigenvalue weighted by Gasteiger charge is 2.71. The molecule has 0 unspecified atom stereocenters. The van der Waals surface area contributed by atoms with Gasteiger partial charge in [0.05, 0.1) is 23.3 Å². The normalized spacial score (nSPS) is 41.1. The molecule has 15 heavy (non-hydrogen) atoms. The second-order valence-electron chi connectivity index (χ2n) is 5.29. The summed E-state index contributed by atoms with van der Waals surface area (Å²) in [6.45, 7) is 5.84. The Hall–Kier alpha value is -0.610. The van der Waals surface area contributed by atoms with Gasteiger partial charge in [-0.05, 0) is 13.8 Å². The van der Waals surface area contributed by atoms with E-state index in [4.69, 9.17) is 4.74 Å². The summed E-state index contributed by atoms with van der Waals surface area (Å²) < 4.78 is 5.84. The zero-order valence-corrected chi connectivity index (χ0v) is 9.59. The van der Waals surface area contributed by atoms with Crippen molar-refractivity contribution in [3.63, 3.8) is 0 Å². The van der Waals surface area contributed by atoms with Crippen LogP contribution in [0.25, 0.3) is 0 Å². The monoisotopic (exact) mass is 213 g/mol. The molecule has 0 radical (unpaired) electrons. The third kappa shape index (κ3) is 1.31. The first-order valence-corrected chi connectivity index (χ1v) is 5.51. The van der Waals surface area contributed by atoms with E-state index in [1.54, 1.807) is 0 Å². The molecule has 2 aliphatic heterocycles. The van der Waals surface area contributed by atoms with Gasteiger partial charge in [0.2, 0.25) is 5.91 Å². The first-order chi connectivity index (χ1) is 6.89. The highest BCUT2D eigenvalue weighted by atomic mass is 16.6. The van der Waals surface area contributed by atoms with Crippen LogP contribution in [0.15, 0.2) is 0 Å². The van der Waals surface area contributed by atoms with E-state index in [-0.39, 0.29) is 23.7 Å². The summed E-state index contributed by atoms with van der Waals surface area (Å²) in [4.78, 5) is 11.4. The van der Waals surface area contributed by atoms with E-state index in [2.05, 4.69) is 5.32 Å². The highest BCUT2D eigenvalue weighted by molar-refractivity contribution is 5.77. The van der Waals surface area contributed by atoms with Gasteiger partial charge in [0, 0.05) is 19.3 Å². The van der Waals surface area contributed by atoms with Crippen LogP contribution in [-0.2, 0) is 9.53 Å². The molecule has 0 spiro atoms. The first kappa shape index (κ1) is 10.9. The van der Waals surface area contributed by atoms with Crippen molar-refractivity contribution in [1.82, 2.24) is 5.32 Å². The van der Waals surface area contributed by atoms with E-state index in [9.17, 15) is 9.90 Å². The van der Waals surface area contributed by atoms with Crippen LogP contribution in [0.1, 0.15) is 40.0 Å². The van der Waals surface area contributed by atoms with Crippen molar-refractivity contribution >= 4 is 5.91 Å². The molecule has 1 saturated carbocycles. The minimum atomic E-state index is -0.398. The Morgan fingerprint density at radius 1 is 1.47 bits per heavy atom. The smallest absolute Gasteiger partial charge is 0.220 e. The fourth-order valence-electron chi connectivity index (χ4n) is 2.92. The molecule has 2 N–H and O–H groups in total. The van der Waals surface area contributed by atoms with E-state index in [1.165, 1.54) is 0 Å². The Balaban J connectivity index is 2.15. The lowest BCUT2D eigenvalue weighted by molar-refractivity contribution is -0.124. The molecular formula is C11H19NO3. The van der Waals surface area contributed by atoms with Crippen molar-refractivity contribution in [2.75, 3.05) is 6.61 Å². The number of rotatable bonds is 3. The fraction of sp³-hybridized carbons (Fsp3) is 0.909. The van der Waals surface area contributed by atoms with Crippen molar-refractivity contribution in [3.8, 4) is 0 Å². The Morgan fingerprint density at radius 3 is 2.47 bits per heavy atom. The van der Waals surface area contributed by atoms with Gasteiger partial charge in [-0.25, -0.2) is 0 Å². The van der Waals surface area contributed by atoms with Crippen molar-refractivity contribution < 1.29 is 14.6 Å². The second kappa shape index (κ2) is 2.95. The summed E-state index contributed by atoms with van der Waals surface area (Å²) in [5.41, 5.74) is -1.03. The largest absolute Gasteiger partial charge is 0.393 e. The van der Waals surface area contributed by atoms with Crippen LogP contribution in [0.2, 0.25) is 0 Å². The number of nitrogens with one attached hydrogen (secondary N) is 1. The molecule has 3 aliphatic rings. The maximum atomic E-state index is 11.4. The van der Waals surface area contributed by atoms with Crippen molar-refractivity contribution in [1.29, 1.82) is 0 Å². The number of aliphatic hydroxyl groups is 1. The van der Waals surface area contributed by atoms with Gasteiger partial charge in [0.25, 0.3) is 0 Å². The molecule has 2 saturated heterocycles. The average molecular weight is 213 g/mol. The maximum Gasteiger partial charge on any atom is 0.220 e. The molecule has 4 nitrogen and oxygen atoms in total. The first-order valence-electron chi connectivity index (χ1n) is 5.51. The van der Waals surface area contributed by atoms with E-state index >= 15 is 0 Å². The van der Waals surface area contributed by atoms with Crippen LogP contribution in [-0.4, -0.2) is 34.4 Å². The van der Waals surface area contributed by atoms with E-state index < -0.39 is 5.60 Å². The van der Waals surface area contributed by atoms with Crippen LogP contribution in [0.3, 0.4) is 0 Å². The molecular weight excluding hydrogens is 194 g/mol. The number of aliphatic hydroxyl groups excluding tert-OH is 1. The van der Waals surface area contributed by atoms with Crippen LogP contribution in [0.4, 0.5) is 0 Å². The quantitative estimate of drug-likeness (QED) is 0.721. The molecule has 2 heterocycles. The summed E-state index contributed by atoms with van der Waals surface area (Å²) in [6, 6.07) is 0. The number of fused-ring (bicyclic) bond motifs is 1. The van der Waals surface area contributed by atoms with Gasteiger partial charge < -0.3 is 15.2 Å². The standard InChI is InChI=1S/C11H19NO3/c1-4-8(14)12-11-5-10(6-11,7-13)15-9(11,2)3/h13H,4-7H2,1-3H3,(H,12,14). The van der Waals surface area contributed by atoms with Crippen LogP contribution in [0, 0.1) is 0 Å². The molecule has 3 rings (SSSR count). The lowest BCUT2D eigenvalue weighted by atomic mass is 9.63. The number of hydrogen-bond donors (Lipinski definition) is 2. The van der Waals surface area contributed by atoms with Crippen molar-refractivity contribution in [3.05, 3.63) is 0 Å². The lowest BCUT2D eigenvalue weighted by Crippen LogP contribution is -2.65. The number of hydrogen-bond acceptors (Lipinski definition) is 3. The van der Waals surface area contributed by atoms with Gasteiger partial charge in [0.15, 0.2) is 0 Å². The molecule has 3 fully saturated rings. The summed E-state index contributed by atoms with van der Waals surface area (Å²) in [5, 5.41) is 12.3. The molecule has 1 aliphatic carbocycles. The summed E-state index contributed by atoms with van der Waals surface area (Å²) in [5.74, 6) is 0.0557. The predicted molar refractivity (Wildman–Crippen MR) is 55.4 cm³/mol. The number of carbonyl (C=O) groups is 1. The van der Waals surface area contributed by atoms with Crippen molar-refractivity contribution in [2.24, 2.45) is 0 Å². The van der Waals surface area contributed by atoms with E-state index in [0.717, 1.165) is 12.8 Å². The molecule has 0 aromatic rings. The predicted octanol–water partition coefficient (Wildman–Crippen LogP) is 0.585. The third-order valence-electron chi connectivity index (χ3n) is 3.86. The molecule has 0 aromatic carbocycles. The molecule has 86 valence electrons. The Labute approximate surface area is 90.0 Å². The Bertz CT molecular complexity index is 292. The number of ether oxygens (including phenoxy) is 1. The lowest BCUT2D eigenvalue weighted by Gasteiger charge is -2.46. The maximum absolute atomic E-state index is 11.4. The molecule has 4 heteroatoms. The van der Waals surface area contributed by atoms with Gasteiger partial charge in [-0.1, -0.05) is 6.92 Å². The Kier molecular flexibility index (Phi) is 2.14. The molecule has 0 aromatic heterocycles. The summed E-state index contributed by atoms with van der Waals surface area (Å²) in [6.07, 6.45) is 1.95. The number of amides is 1. The van der Waals surface area contributed by atoms with Crippen LogP contribution in [0.5, 0.6) is 0 Å². The topological polar surface area (TPSA) is 58.6 Å².